The summed E-state index contributed by atoms with van der Waals surface area (Å²) in [6.45, 7) is -3.44. The van der Waals surface area contributed by atoms with Crippen LogP contribution < -0.4 is 14.9 Å². The van der Waals surface area contributed by atoms with E-state index >= 15 is 0 Å². The van der Waals surface area contributed by atoms with Gasteiger partial charge < -0.3 is 109 Å². The van der Waals surface area contributed by atoms with E-state index in [-0.39, 0.29) is 11.3 Å². The highest BCUT2D eigenvalue weighted by Gasteiger charge is 2.55. The van der Waals surface area contributed by atoms with Crippen LogP contribution in [0.4, 0.5) is 0 Å². The minimum absolute atomic E-state index is 0.0369. The van der Waals surface area contributed by atoms with Crippen molar-refractivity contribution >= 4 is 23.0 Å². The van der Waals surface area contributed by atoms with Crippen molar-refractivity contribution < 1.29 is 113 Å². The zero-order valence-electron chi connectivity index (χ0n) is 34.3. The number of hydrogen-bond donors (Lipinski definition) is 13. The first kappa shape index (κ1) is 48.1. The van der Waals surface area contributed by atoms with Crippen LogP contribution in [0.15, 0.2) is 63.8 Å². The monoisotopic (exact) mass is 934 g/mol. The van der Waals surface area contributed by atoms with Crippen LogP contribution in [0.2, 0.25) is 0 Å². The first-order valence-electron chi connectivity index (χ1n) is 19.9. The van der Waals surface area contributed by atoms with Crippen molar-refractivity contribution in [2.75, 3.05) is 33.5 Å². The molecule has 4 aromatic rings. The third-order valence-electron chi connectivity index (χ3n) is 11.0. The Morgan fingerprint density at radius 2 is 1.48 bits per heavy atom. The van der Waals surface area contributed by atoms with Gasteiger partial charge in [0.15, 0.2) is 53.5 Å². The molecule has 0 unspecified atom stereocenters. The number of esters is 1. The maximum absolute atomic E-state index is 14.4. The van der Waals surface area contributed by atoms with Crippen LogP contribution in [0.5, 0.6) is 40.2 Å². The Morgan fingerprint density at radius 3 is 2.14 bits per heavy atom. The molecule has 0 spiro atoms. The number of carbonyl (C=O) groups excluding carboxylic acids is 1. The van der Waals surface area contributed by atoms with Gasteiger partial charge in [0.1, 0.15) is 65.0 Å². The summed E-state index contributed by atoms with van der Waals surface area (Å²) < 4.78 is 51.0. The molecule has 0 bridgehead atoms. The van der Waals surface area contributed by atoms with E-state index < -0.39 is 168 Å². The molecule has 24 heteroatoms. The van der Waals surface area contributed by atoms with E-state index in [2.05, 4.69) is 0 Å². The molecule has 4 heterocycles. The van der Waals surface area contributed by atoms with Crippen LogP contribution in [-0.4, -0.2) is 185 Å². The van der Waals surface area contributed by atoms with Crippen LogP contribution in [0.25, 0.3) is 28.4 Å². The average Bonchev–Trinajstić information content (AvgIpc) is 3.58. The molecule has 0 radical (unpaired) electrons. The quantitative estimate of drug-likeness (QED) is 0.0360. The van der Waals surface area contributed by atoms with E-state index in [1.54, 1.807) is 0 Å². The molecule has 3 aromatic carbocycles. The van der Waals surface area contributed by atoms with Crippen LogP contribution in [0.3, 0.4) is 0 Å². The first-order valence-corrected chi connectivity index (χ1v) is 19.9. The molecular formula is C42H46O24. The summed E-state index contributed by atoms with van der Waals surface area (Å²) in [4.78, 5) is 27.4. The molecule has 24 nitrogen and oxygen atoms in total. The molecule has 0 aliphatic carbocycles. The minimum Gasteiger partial charge on any atom is -0.508 e. The van der Waals surface area contributed by atoms with Gasteiger partial charge >= 0.3 is 5.97 Å². The Balaban J connectivity index is 1.24. The SMILES string of the molecule is COc1c(O)cc2oc(-c3ccc(O)c(O)c3)c(O[C@@H]3O[C@H](CO[C@@H]4O[C@H](CO)[C@@H](O)[C@H](O)[C@H]4OC(=O)/C=C/c4ccc(O)cc4)[C@@H](O)[C@H](O)[C@H]3O[C@@H]3OC[C@](O)(CO)[C@H]3O)c(=O)c2c1O. The number of aliphatic hydroxyl groups excluding tert-OH is 7. The van der Waals surface area contributed by atoms with Gasteiger partial charge in [-0.15, -0.1) is 0 Å². The molecule has 0 saturated carbocycles. The number of rotatable bonds is 14. The number of carbonyl (C=O) groups is 1. The smallest absolute Gasteiger partial charge is 0.331 e. The number of phenolic OH excluding ortho intramolecular Hbond substituents is 5. The molecule has 66 heavy (non-hydrogen) atoms. The van der Waals surface area contributed by atoms with E-state index in [4.69, 9.17) is 42.3 Å². The highest BCUT2D eigenvalue weighted by molar-refractivity contribution is 5.91. The molecule has 3 aliphatic heterocycles. The molecular weight excluding hydrogens is 888 g/mol. The van der Waals surface area contributed by atoms with Crippen LogP contribution in [-0.2, 0) is 33.2 Å². The second-order valence-corrected chi connectivity index (χ2v) is 15.4. The van der Waals surface area contributed by atoms with Crippen molar-refractivity contribution in [3.8, 4) is 51.6 Å². The zero-order chi connectivity index (χ0) is 47.8. The average molecular weight is 935 g/mol. The molecule has 1 aromatic heterocycles. The molecule has 3 fully saturated rings. The number of phenols is 5. The molecule has 3 saturated heterocycles. The van der Waals surface area contributed by atoms with Gasteiger partial charge in [-0.1, -0.05) is 12.1 Å². The van der Waals surface area contributed by atoms with Gasteiger partial charge in [0.05, 0.1) is 33.5 Å². The summed E-state index contributed by atoms with van der Waals surface area (Å²) >= 11 is 0. The number of aliphatic hydroxyl groups is 8. The highest BCUT2D eigenvalue weighted by atomic mass is 16.8. The minimum atomic E-state index is -2.27. The maximum Gasteiger partial charge on any atom is 0.331 e. The van der Waals surface area contributed by atoms with Gasteiger partial charge in [-0.3, -0.25) is 4.79 Å². The molecule has 3 aliphatic rings. The van der Waals surface area contributed by atoms with Gasteiger partial charge in [0.2, 0.25) is 23.2 Å². The third-order valence-corrected chi connectivity index (χ3v) is 11.0. The standard InChI is InChI=1S/C42H46O24/c1-58-34-21(48)11-22-26(29(34)52)30(53)35(33(61-22)17-5-8-19(46)20(47)10-17)65-40-37(66-41-38(56)42(57,14-44)15-60-41)32(55)28(51)24(63-40)13-59-39-36(31(54)27(50)23(12-43)62-39)64-25(49)9-4-16-2-6-18(45)7-3-16/h2-11,23-24,27-28,31-32,36-41,43-48,50-52,54-57H,12-15H2,1H3/b9-4+/t23-,24-,27-,28-,31+,32+,36-,37-,38+,39-,40+,41+,42-/m1/s1. The Morgan fingerprint density at radius 1 is 0.803 bits per heavy atom. The lowest BCUT2D eigenvalue weighted by molar-refractivity contribution is -0.338. The fourth-order valence-corrected chi connectivity index (χ4v) is 7.34. The van der Waals surface area contributed by atoms with Crippen molar-refractivity contribution in [3.05, 3.63) is 70.4 Å². The van der Waals surface area contributed by atoms with E-state index in [0.717, 1.165) is 31.4 Å². The Bertz CT molecular complexity index is 2460. The summed E-state index contributed by atoms with van der Waals surface area (Å²) in [5.41, 5.74) is -3.64. The lowest BCUT2D eigenvalue weighted by atomic mass is 9.97. The predicted molar refractivity (Wildman–Crippen MR) is 216 cm³/mol. The summed E-state index contributed by atoms with van der Waals surface area (Å²) in [7, 11) is 1.07. The number of ether oxygens (including phenoxy) is 8. The second-order valence-electron chi connectivity index (χ2n) is 15.4. The maximum atomic E-state index is 14.4. The van der Waals surface area contributed by atoms with Crippen molar-refractivity contribution in [1.29, 1.82) is 0 Å². The van der Waals surface area contributed by atoms with Crippen LogP contribution in [0.1, 0.15) is 5.56 Å². The second kappa shape index (κ2) is 19.6. The van der Waals surface area contributed by atoms with Crippen LogP contribution >= 0.6 is 0 Å². The largest absolute Gasteiger partial charge is 0.508 e. The number of hydrogen-bond acceptors (Lipinski definition) is 24. The fraction of sp³-hybridized carbons (Fsp3) is 0.429. The van der Waals surface area contributed by atoms with E-state index in [0.29, 0.717) is 5.56 Å². The zero-order valence-corrected chi connectivity index (χ0v) is 34.3. The Hall–Kier alpha value is -5.84. The Kier molecular flexibility index (Phi) is 14.3. The van der Waals surface area contributed by atoms with Gasteiger partial charge in [-0.25, -0.2) is 4.79 Å². The number of fused-ring (bicyclic) bond motifs is 1. The van der Waals surface area contributed by atoms with Gasteiger partial charge in [-0.2, -0.15) is 0 Å². The summed E-state index contributed by atoms with van der Waals surface area (Å²) in [5, 5.41) is 137. The van der Waals surface area contributed by atoms with Crippen molar-refractivity contribution in [1.82, 2.24) is 0 Å². The molecule has 0 amide bonds. The molecule has 358 valence electrons. The predicted octanol–water partition coefficient (Wildman–Crippen LogP) is -2.27. The van der Waals surface area contributed by atoms with E-state index in [9.17, 15) is 76.0 Å². The molecule has 13 N–H and O–H groups in total. The van der Waals surface area contributed by atoms with E-state index in [1.165, 1.54) is 36.4 Å². The Labute approximate surface area is 371 Å². The van der Waals surface area contributed by atoms with E-state index in [1.807, 2.05) is 0 Å². The lowest BCUT2D eigenvalue weighted by Crippen LogP contribution is -2.64. The summed E-state index contributed by atoms with van der Waals surface area (Å²) in [6, 6.07) is 9.71. The number of benzene rings is 3. The highest BCUT2D eigenvalue weighted by Crippen LogP contribution is 2.45. The van der Waals surface area contributed by atoms with Gasteiger partial charge in [0, 0.05) is 17.7 Å². The van der Waals surface area contributed by atoms with Crippen LogP contribution in [0, 0.1) is 0 Å². The summed E-state index contributed by atoms with van der Waals surface area (Å²) in [5.74, 6) is -6.01. The first-order chi connectivity index (χ1) is 31.4. The number of aromatic hydroxyl groups is 5. The lowest BCUT2D eigenvalue weighted by Gasteiger charge is -2.44. The third kappa shape index (κ3) is 9.40. The summed E-state index contributed by atoms with van der Waals surface area (Å²) in [6.07, 6.45) is -20.7. The van der Waals surface area contributed by atoms with Gasteiger partial charge in [0.25, 0.3) is 0 Å². The fourth-order valence-electron chi connectivity index (χ4n) is 7.34. The molecule has 7 rings (SSSR count). The normalized spacial score (nSPS) is 31.3. The topological polar surface area (TPSA) is 384 Å². The number of methoxy groups -OCH3 is 1. The van der Waals surface area contributed by atoms with Crippen molar-refractivity contribution in [2.24, 2.45) is 0 Å². The van der Waals surface area contributed by atoms with Crippen molar-refractivity contribution in [3.63, 3.8) is 0 Å². The van der Waals surface area contributed by atoms with Crippen molar-refractivity contribution in [2.45, 2.75) is 79.4 Å². The molecule has 13 atom stereocenters. The van der Waals surface area contributed by atoms with Gasteiger partial charge in [-0.05, 0) is 42.0 Å².